The number of hydrogen-bond donors (Lipinski definition) is 1. The van der Waals surface area contributed by atoms with Gasteiger partial charge < -0.3 is 5.32 Å². The van der Waals surface area contributed by atoms with Crippen LogP contribution in [0.4, 0.5) is 0 Å². The van der Waals surface area contributed by atoms with Gasteiger partial charge in [0, 0.05) is 13.0 Å². The molecule has 3 heterocycles. The summed E-state index contributed by atoms with van der Waals surface area (Å²) in [5.41, 5.74) is 0.0987. The van der Waals surface area contributed by atoms with Crippen molar-refractivity contribution in [2.45, 2.75) is 38.8 Å². The van der Waals surface area contributed by atoms with Crippen molar-refractivity contribution in [3.05, 3.63) is 16.3 Å². The third kappa shape index (κ3) is 1.69. The molecule has 5 heteroatoms. The van der Waals surface area contributed by atoms with Crippen LogP contribution in [0.15, 0.2) is 4.79 Å². The third-order valence-electron chi connectivity index (χ3n) is 3.63. The van der Waals surface area contributed by atoms with E-state index >= 15 is 0 Å². The van der Waals surface area contributed by atoms with Gasteiger partial charge in [0.25, 0.3) is 0 Å². The van der Waals surface area contributed by atoms with Gasteiger partial charge in [0.1, 0.15) is 5.82 Å². The number of nitrogens with zero attached hydrogens (tertiary/aromatic N) is 3. The average Bonchev–Trinajstić information content (AvgIpc) is 2.90. The van der Waals surface area contributed by atoms with Crippen molar-refractivity contribution < 1.29 is 0 Å². The Hall–Kier alpha value is -1.10. The van der Waals surface area contributed by atoms with Gasteiger partial charge in [-0.2, -0.15) is 5.10 Å². The zero-order valence-electron chi connectivity index (χ0n) is 9.48. The number of aryl methyl sites for hydroxylation is 1. The van der Waals surface area contributed by atoms with Crippen molar-refractivity contribution in [2.24, 2.45) is 5.92 Å². The zero-order valence-corrected chi connectivity index (χ0v) is 9.48. The van der Waals surface area contributed by atoms with Crippen LogP contribution in [0.3, 0.4) is 0 Å². The summed E-state index contributed by atoms with van der Waals surface area (Å²) >= 11 is 0. The first-order valence-electron chi connectivity index (χ1n) is 6.22. The number of aromatic nitrogens is 3. The summed E-state index contributed by atoms with van der Waals surface area (Å²) in [5.74, 6) is 1.57. The summed E-state index contributed by atoms with van der Waals surface area (Å²) in [6, 6.07) is 0. The first-order valence-corrected chi connectivity index (χ1v) is 6.22. The SMILES string of the molecule is O=c1n(CC2CCNC2)nc2n1CCCC2. The monoisotopic (exact) mass is 222 g/mol. The molecule has 2 aliphatic heterocycles. The largest absolute Gasteiger partial charge is 0.345 e. The maximum Gasteiger partial charge on any atom is 0.345 e. The minimum Gasteiger partial charge on any atom is -0.316 e. The quantitative estimate of drug-likeness (QED) is 0.766. The molecule has 3 rings (SSSR count). The van der Waals surface area contributed by atoms with Gasteiger partial charge in [-0.05, 0) is 38.3 Å². The zero-order chi connectivity index (χ0) is 11.0. The molecule has 1 unspecified atom stereocenters. The molecule has 1 fully saturated rings. The van der Waals surface area contributed by atoms with Crippen molar-refractivity contribution in [2.75, 3.05) is 13.1 Å². The summed E-state index contributed by atoms with van der Waals surface area (Å²) in [7, 11) is 0. The molecule has 2 aliphatic rings. The van der Waals surface area contributed by atoms with Crippen LogP contribution in [0, 0.1) is 5.92 Å². The molecule has 0 amide bonds. The highest BCUT2D eigenvalue weighted by atomic mass is 16.2. The lowest BCUT2D eigenvalue weighted by molar-refractivity contribution is 0.435. The molecule has 16 heavy (non-hydrogen) atoms. The molecule has 1 atom stereocenters. The lowest BCUT2D eigenvalue weighted by atomic mass is 10.1. The maximum absolute atomic E-state index is 12.0. The summed E-state index contributed by atoms with van der Waals surface area (Å²) in [6.07, 6.45) is 4.41. The van der Waals surface area contributed by atoms with E-state index in [1.165, 1.54) is 6.42 Å². The van der Waals surface area contributed by atoms with Gasteiger partial charge >= 0.3 is 5.69 Å². The Morgan fingerprint density at radius 3 is 3.12 bits per heavy atom. The van der Waals surface area contributed by atoms with Crippen molar-refractivity contribution in [3.8, 4) is 0 Å². The molecular weight excluding hydrogens is 204 g/mol. The van der Waals surface area contributed by atoms with E-state index in [4.69, 9.17) is 0 Å². The molecule has 0 aliphatic carbocycles. The van der Waals surface area contributed by atoms with Crippen LogP contribution in [0.1, 0.15) is 25.1 Å². The molecule has 0 saturated carbocycles. The first-order chi connectivity index (χ1) is 7.84. The van der Waals surface area contributed by atoms with Gasteiger partial charge in [0.15, 0.2) is 0 Å². The molecule has 0 spiro atoms. The minimum atomic E-state index is 0.0987. The second-order valence-electron chi connectivity index (χ2n) is 4.85. The van der Waals surface area contributed by atoms with Crippen LogP contribution in [0.2, 0.25) is 0 Å². The summed E-state index contributed by atoms with van der Waals surface area (Å²) in [6.45, 7) is 3.74. The lowest BCUT2D eigenvalue weighted by Crippen LogP contribution is -2.29. The van der Waals surface area contributed by atoms with Gasteiger partial charge in [-0.15, -0.1) is 0 Å². The summed E-state index contributed by atoms with van der Waals surface area (Å²) in [4.78, 5) is 12.0. The van der Waals surface area contributed by atoms with Gasteiger partial charge in [-0.25, -0.2) is 9.48 Å². The van der Waals surface area contributed by atoms with E-state index < -0.39 is 0 Å². The van der Waals surface area contributed by atoms with E-state index in [1.54, 1.807) is 4.68 Å². The normalized spacial score (nSPS) is 24.6. The average molecular weight is 222 g/mol. The number of hydrogen-bond acceptors (Lipinski definition) is 3. The molecule has 1 aromatic rings. The van der Waals surface area contributed by atoms with Crippen molar-refractivity contribution in [1.29, 1.82) is 0 Å². The molecule has 1 N–H and O–H groups in total. The highest BCUT2D eigenvalue weighted by molar-refractivity contribution is 4.91. The highest BCUT2D eigenvalue weighted by Crippen LogP contribution is 2.12. The first kappa shape index (κ1) is 10.1. The fourth-order valence-corrected chi connectivity index (χ4v) is 2.68. The van der Waals surface area contributed by atoms with Gasteiger partial charge in [-0.1, -0.05) is 0 Å². The van der Waals surface area contributed by atoms with Crippen LogP contribution in [0.25, 0.3) is 0 Å². The number of rotatable bonds is 2. The van der Waals surface area contributed by atoms with E-state index in [9.17, 15) is 4.79 Å². The van der Waals surface area contributed by atoms with Crippen LogP contribution < -0.4 is 11.0 Å². The fraction of sp³-hybridized carbons (Fsp3) is 0.818. The molecule has 5 nitrogen and oxygen atoms in total. The molecule has 0 aromatic carbocycles. The second kappa shape index (κ2) is 4.05. The molecule has 1 saturated heterocycles. The Labute approximate surface area is 94.5 Å². The Morgan fingerprint density at radius 1 is 1.44 bits per heavy atom. The predicted octanol–water partition coefficient (Wildman–Crippen LogP) is -0.00940. The van der Waals surface area contributed by atoms with Crippen molar-refractivity contribution in [1.82, 2.24) is 19.7 Å². The van der Waals surface area contributed by atoms with E-state index in [1.807, 2.05) is 4.57 Å². The standard InChI is InChI=1S/C11H18N4O/c16-11-14-6-2-1-3-10(14)13-15(11)8-9-4-5-12-7-9/h9,12H,1-8H2. The molecule has 0 bridgehead atoms. The smallest absolute Gasteiger partial charge is 0.316 e. The number of fused-ring (bicyclic) bond motifs is 1. The Balaban J connectivity index is 1.84. The molecule has 0 radical (unpaired) electrons. The Morgan fingerprint density at radius 2 is 2.38 bits per heavy atom. The van der Waals surface area contributed by atoms with Crippen molar-refractivity contribution in [3.63, 3.8) is 0 Å². The van der Waals surface area contributed by atoms with Crippen LogP contribution in [-0.4, -0.2) is 27.4 Å². The van der Waals surface area contributed by atoms with Gasteiger partial charge in [0.2, 0.25) is 0 Å². The van der Waals surface area contributed by atoms with E-state index in [0.29, 0.717) is 5.92 Å². The minimum absolute atomic E-state index is 0.0987. The second-order valence-corrected chi connectivity index (χ2v) is 4.85. The topological polar surface area (TPSA) is 51.9 Å². The van der Waals surface area contributed by atoms with Crippen LogP contribution >= 0.6 is 0 Å². The molecular formula is C11H18N4O. The van der Waals surface area contributed by atoms with Crippen molar-refractivity contribution >= 4 is 0 Å². The van der Waals surface area contributed by atoms with E-state index in [0.717, 1.165) is 51.3 Å². The lowest BCUT2D eigenvalue weighted by Gasteiger charge is -2.09. The molecule has 88 valence electrons. The summed E-state index contributed by atoms with van der Waals surface area (Å²) < 4.78 is 3.53. The number of nitrogens with one attached hydrogen (secondary N) is 1. The third-order valence-corrected chi connectivity index (χ3v) is 3.63. The maximum atomic E-state index is 12.0. The fourth-order valence-electron chi connectivity index (χ4n) is 2.68. The predicted molar refractivity (Wildman–Crippen MR) is 60.4 cm³/mol. The van der Waals surface area contributed by atoms with Gasteiger partial charge in [-0.3, -0.25) is 4.57 Å². The van der Waals surface area contributed by atoms with E-state index in [2.05, 4.69) is 10.4 Å². The summed E-state index contributed by atoms with van der Waals surface area (Å²) in [5, 5.41) is 7.78. The van der Waals surface area contributed by atoms with Crippen LogP contribution in [0.5, 0.6) is 0 Å². The Kier molecular flexibility index (Phi) is 2.55. The highest BCUT2D eigenvalue weighted by Gasteiger charge is 2.20. The van der Waals surface area contributed by atoms with E-state index in [-0.39, 0.29) is 5.69 Å². The van der Waals surface area contributed by atoms with Crippen LogP contribution in [-0.2, 0) is 19.5 Å². The van der Waals surface area contributed by atoms with Gasteiger partial charge in [0.05, 0.1) is 6.54 Å². The molecule has 1 aromatic heterocycles. The Bertz CT molecular complexity index is 428.